The molecule has 2 heterocycles. The topological polar surface area (TPSA) is 99.2 Å². The van der Waals surface area contributed by atoms with Gasteiger partial charge in [0.25, 0.3) is 5.91 Å². The van der Waals surface area contributed by atoms with Crippen LogP contribution in [0.4, 0.5) is 0 Å². The maximum Gasteiger partial charge on any atom is 0.251 e. The summed E-state index contributed by atoms with van der Waals surface area (Å²) in [6.45, 7) is 5.87. The number of aromatic nitrogens is 2. The molecule has 1 aliphatic heterocycles. The first-order valence-electron chi connectivity index (χ1n) is 9.69. The SMILES string of the molecule is Cc1cc(C)n(Cc2cccc(C(=O)N[C@@H](CC(N)=O)C3CCOCC3)c2)n1. The molecule has 28 heavy (non-hydrogen) atoms. The van der Waals surface area contributed by atoms with E-state index in [1.165, 1.54) is 0 Å². The van der Waals surface area contributed by atoms with Gasteiger partial charge in [-0.2, -0.15) is 5.10 Å². The molecule has 1 aromatic heterocycles. The summed E-state index contributed by atoms with van der Waals surface area (Å²) in [5.41, 5.74) is 9.02. The molecule has 3 rings (SSSR count). The van der Waals surface area contributed by atoms with Gasteiger partial charge in [0.05, 0.1) is 12.2 Å². The zero-order valence-electron chi connectivity index (χ0n) is 16.5. The maximum absolute atomic E-state index is 12.8. The quantitative estimate of drug-likeness (QED) is 0.762. The Morgan fingerprint density at radius 2 is 2.04 bits per heavy atom. The first kappa shape index (κ1) is 20.1. The number of rotatable bonds is 7. The van der Waals surface area contributed by atoms with Crippen molar-refractivity contribution in [3.63, 3.8) is 0 Å². The van der Waals surface area contributed by atoms with Crippen molar-refractivity contribution < 1.29 is 14.3 Å². The van der Waals surface area contributed by atoms with E-state index in [4.69, 9.17) is 10.5 Å². The van der Waals surface area contributed by atoms with Crippen LogP contribution in [0.1, 0.15) is 46.6 Å². The van der Waals surface area contributed by atoms with Crippen LogP contribution in [0.5, 0.6) is 0 Å². The normalized spacial score (nSPS) is 15.9. The number of primary amides is 1. The second kappa shape index (κ2) is 9.01. The molecule has 1 fully saturated rings. The van der Waals surface area contributed by atoms with Crippen molar-refractivity contribution in [1.82, 2.24) is 15.1 Å². The molecule has 1 aromatic carbocycles. The maximum atomic E-state index is 12.8. The van der Waals surface area contributed by atoms with Gasteiger partial charge in [-0.05, 0) is 56.4 Å². The Morgan fingerprint density at radius 1 is 1.29 bits per heavy atom. The number of ether oxygens (including phenoxy) is 1. The molecule has 2 amide bonds. The fraction of sp³-hybridized carbons (Fsp3) is 0.476. The molecule has 0 radical (unpaired) electrons. The van der Waals surface area contributed by atoms with Crippen LogP contribution in [0, 0.1) is 19.8 Å². The molecule has 1 saturated heterocycles. The first-order chi connectivity index (χ1) is 13.4. The lowest BCUT2D eigenvalue weighted by Gasteiger charge is -2.30. The van der Waals surface area contributed by atoms with E-state index in [0.29, 0.717) is 25.3 Å². The number of hydrogen-bond donors (Lipinski definition) is 2. The van der Waals surface area contributed by atoms with Crippen LogP contribution in [0.25, 0.3) is 0 Å². The lowest BCUT2D eigenvalue weighted by Crippen LogP contribution is -2.44. The molecule has 0 saturated carbocycles. The van der Waals surface area contributed by atoms with Gasteiger partial charge in [0.1, 0.15) is 0 Å². The van der Waals surface area contributed by atoms with Crippen molar-refractivity contribution in [2.45, 2.75) is 45.7 Å². The van der Waals surface area contributed by atoms with Crippen LogP contribution in [0.2, 0.25) is 0 Å². The van der Waals surface area contributed by atoms with Crippen LogP contribution in [-0.4, -0.2) is 40.9 Å². The summed E-state index contributed by atoms with van der Waals surface area (Å²) in [6.07, 6.45) is 1.77. The number of nitrogens with one attached hydrogen (secondary N) is 1. The third kappa shape index (κ3) is 5.19. The van der Waals surface area contributed by atoms with Gasteiger partial charge in [0.2, 0.25) is 5.91 Å². The molecular formula is C21H28N4O3. The van der Waals surface area contributed by atoms with Gasteiger partial charge in [0, 0.05) is 36.9 Å². The highest BCUT2D eigenvalue weighted by Crippen LogP contribution is 2.21. The Labute approximate surface area is 165 Å². The van der Waals surface area contributed by atoms with E-state index in [1.807, 2.05) is 42.8 Å². The minimum absolute atomic E-state index is 0.141. The van der Waals surface area contributed by atoms with Crippen molar-refractivity contribution in [1.29, 1.82) is 0 Å². The molecule has 0 aliphatic carbocycles. The Balaban J connectivity index is 1.71. The van der Waals surface area contributed by atoms with Crippen molar-refractivity contribution in [2.75, 3.05) is 13.2 Å². The molecule has 150 valence electrons. The van der Waals surface area contributed by atoms with Crippen molar-refractivity contribution >= 4 is 11.8 Å². The van der Waals surface area contributed by atoms with E-state index < -0.39 is 5.91 Å². The lowest BCUT2D eigenvalue weighted by molar-refractivity contribution is -0.118. The van der Waals surface area contributed by atoms with Gasteiger partial charge in [-0.25, -0.2) is 0 Å². The summed E-state index contributed by atoms with van der Waals surface area (Å²) in [7, 11) is 0. The fourth-order valence-corrected chi connectivity index (χ4v) is 3.74. The molecule has 1 aliphatic rings. The summed E-state index contributed by atoms with van der Waals surface area (Å²) in [5, 5.41) is 7.50. The molecule has 3 N–H and O–H groups in total. The van der Waals surface area contributed by atoms with Gasteiger partial charge in [-0.3, -0.25) is 14.3 Å². The van der Waals surface area contributed by atoms with Crippen LogP contribution >= 0.6 is 0 Å². The monoisotopic (exact) mass is 384 g/mol. The van der Waals surface area contributed by atoms with Crippen LogP contribution in [0.3, 0.4) is 0 Å². The van der Waals surface area contributed by atoms with E-state index in [-0.39, 0.29) is 24.3 Å². The largest absolute Gasteiger partial charge is 0.381 e. The van der Waals surface area contributed by atoms with Gasteiger partial charge in [-0.15, -0.1) is 0 Å². The number of hydrogen-bond acceptors (Lipinski definition) is 4. The highest BCUT2D eigenvalue weighted by Gasteiger charge is 2.27. The number of nitrogens with zero attached hydrogens (tertiary/aromatic N) is 2. The van der Waals surface area contributed by atoms with Gasteiger partial charge < -0.3 is 15.8 Å². The predicted molar refractivity (Wildman–Crippen MR) is 106 cm³/mol. The van der Waals surface area contributed by atoms with E-state index in [9.17, 15) is 9.59 Å². The minimum Gasteiger partial charge on any atom is -0.381 e. The summed E-state index contributed by atoms with van der Waals surface area (Å²) in [6, 6.07) is 9.26. The Bertz CT molecular complexity index is 840. The Hall–Kier alpha value is -2.67. The van der Waals surface area contributed by atoms with E-state index in [1.54, 1.807) is 6.07 Å². The number of benzene rings is 1. The Kier molecular flexibility index (Phi) is 6.46. The van der Waals surface area contributed by atoms with E-state index in [2.05, 4.69) is 10.4 Å². The van der Waals surface area contributed by atoms with Gasteiger partial charge in [-0.1, -0.05) is 12.1 Å². The van der Waals surface area contributed by atoms with E-state index in [0.717, 1.165) is 29.8 Å². The molecule has 0 unspecified atom stereocenters. The number of carbonyl (C=O) groups excluding carboxylic acids is 2. The summed E-state index contributed by atoms with van der Waals surface area (Å²) in [5.74, 6) is -0.397. The number of amides is 2. The zero-order chi connectivity index (χ0) is 20.1. The standard InChI is InChI=1S/C21H28N4O3/c1-14-10-15(2)25(24-14)13-16-4-3-5-18(11-16)21(27)23-19(12-20(22)26)17-6-8-28-9-7-17/h3-5,10-11,17,19H,6-9,12-13H2,1-2H3,(H2,22,26)(H,23,27)/t19-/m0/s1. The average Bonchev–Trinajstić information content (AvgIpc) is 2.98. The van der Waals surface area contributed by atoms with Crippen LogP contribution < -0.4 is 11.1 Å². The third-order valence-corrected chi connectivity index (χ3v) is 5.20. The Morgan fingerprint density at radius 3 is 2.68 bits per heavy atom. The van der Waals surface area contributed by atoms with Gasteiger partial charge in [0.15, 0.2) is 0 Å². The molecule has 7 nitrogen and oxygen atoms in total. The first-order valence-corrected chi connectivity index (χ1v) is 9.69. The molecule has 1 atom stereocenters. The average molecular weight is 384 g/mol. The highest BCUT2D eigenvalue weighted by molar-refractivity contribution is 5.94. The molecule has 2 aromatic rings. The van der Waals surface area contributed by atoms with Gasteiger partial charge >= 0.3 is 0 Å². The van der Waals surface area contributed by atoms with Crippen molar-refractivity contribution in [3.05, 3.63) is 52.8 Å². The second-order valence-corrected chi connectivity index (χ2v) is 7.49. The smallest absolute Gasteiger partial charge is 0.251 e. The van der Waals surface area contributed by atoms with E-state index >= 15 is 0 Å². The summed E-state index contributed by atoms with van der Waals surface area (Å²) < 4.78 is 7.31. The minimum atomic E-state index is -0.407. The lowest BCUT2D eigenvalue weighted by atomic mass is 9.89. The number of carbonyl (C=O) groups is 2. The van der Waals surface area contributed by atoms with Crippen molar-refractivity contribution in [2.24, 2.45) is 11.7 Å². The second-order valence-electron chi connectivity index (χ2n) is 7.49. The number of nitrogens with two attached hydrogens (primary N) is 1. The molecule has 7 heteroatoms. The van der Waals surface area contributed by atoms with Crippen LogP contribution in [0.15, 0.2) is 30.3 Å². The third-order valence-electron chi connectivity index (χ3n) is 5.20. The predicted octanol–water partition coefficient (Wildman–Crippen LogP) is 1.95. The van der Waals surface area contributed by atoms with Crippen molar-refractivity contribution in [3.8, 4) is 0 Å². The zero-order valence-corrected chi connectivity index (χ0v) is 16.5. The summed E-state index contributed by atoms with van der Waals surface area (Å²) >= 11 is 0. The summed E-state index contributed by atoms with van der Waals surface area (Å²) in [4.78, 5) is 24.3. The fourth-order valence-electron chi connectivity index (χ4n) is 3.74. The molecule has 0 bridgehead atoms. The highest BCUT2D eigenvalue weighted by atomic mass is 16.5. The number of aryl methyl sites for hydroxylation is 2. The molecule has 0 spiro atoms. The molecular weight excluding hydrogens is 356 g/mol. The van der Waals surface area contributed by atoms with Crippen LogP contribution in [-0.2, 0) is 16.1 Å².